The Labute approximate surface area is 110 Å². The highest BCUT2D eigenvalue weighted by molar-refractivity contribution is 7.09. The Hall–Kier alpha value is -1.82. The molecule has 18 heavy (non-hydrogen) atoms. The van der Waals surface area contributed by atoms with E-state index in [0.717, 1.165) is 12.4 Å². The summed E-state index contributed by atoms with van der Waals surface area (Å²) in [5.41, 5.74) is 0. The molecule has 0 aliphatic rings. The lowest BCUT2D eigenvalue weighted by molar-refractivity contribution is 0.413. The summed E-state index contributed by atoms with van der Waals surface area (Å²) in [7, 11) is 5.43. The molecule has 0 aromatic carbocycles. The van der Waals surface area contributed by atoms with E-state index in [0.29, 0.717) is 11.6 Å². The molecule has 0 atom stereocenters. The number of nitrogens with zero attached hydrogens (tertiary/aromatic N) is 3. The summed E-state index contributed by atoms with van der Waals surface area (Å²) in [4.78, 5) is 11.8. The Kier molecular flexibility index (Phi) is 3.99. The molecule has 0 saturated heterocycles. The Morgan fingerprint density at radius 2 is 2.28 bits per heavy atom. The largest absolute Gasteiger partial charge is 0.490 e. The minimum Gasteiger partial charge on any atom is -0.490 e. The summed E-state index contributed by atoms with van der Waals surface area (Å²) < 4.78 is 5.38. The second-order valence-electron chi connectivity index (χ2n) is 3.76. The van der Waals surface area contributed by atoms with Crippen LogP contribution >= 0.6 is 11.3 Å². The van der Waals surface area contributed by atoms with Crippen LogP contribution in [-0.2, 0) is 6.54 Å². The number of methoxy groups -OCH3 is 1. The molecule has 2 aromatic rings. The van der Waals surface area contributed by atoms with Crippen molar-refractivity contribution in [3.05, 3.63) is 28.7 Å². The topological polar surface area (TPSA) is 50.3 Å². The van der Waals surface area contributed by atoms with Gasteiger partial charge in [0.25, 0.3) is 0 Å². The van der Waals surface area contributed by atoms with E-state index < -0.39 is 0 Å². The number of hydrogen-bond donors (Lipinski definition) is 1. The lowest BCUT2D eigenvalue weighted by atomic mass is 10.4. The third kappa shape index (κ3) is 2.53. The fourth-order valence-electron chi connectivity index (χ4n) is 1.71. The zero-order valence-electron chi connectivity index (χ0n) is 10.7. The van der Waals surface area contributed by atoms with Crippen LogP contribution in [0.5, 0.6) is 5.75 Å². The molecule has 96 valence electrons. The minimum absolute atomic E-state index is 0.666. The molecule has 0 aliphatic carbocycles. The van der Waals surface area contributed by atoms with Crippen molar-refractivity contribution in [1.29, 1.82) is 0 Å². The number of rotatable bonds is 5. The maximum Gasteiger partial charge on any atom is 0.204 e. The first-order valence-corrected chi connectivity index (χ1v) is 6.44. The first-order chi connectivity index (χ1) is 8.76. The molecule has 0 fully saturated rings. The van der Waals surface area contributed by atoms with E-state index in [4.69, 9.17) is 4.74 Å². The van der Waals surface area contributed by atoms with Crippen molar-refractivity contribution in [2.24, 2.45) is 0 Å². The van der Waals surface area contributed by atoms with Gasteiger partial charge >= 0.3 is 0 Å². The zero-order chi connectivity index (χ0) is 13.0. The SMILES string of the molecule is CNc1ncnc(N(C)Cc2cccs2)c1OC. The van der Waals surface area contributed by atoms with Crippen molar-refractivity contribution in [2.45, 2.75) is 6.54 Å². The minimum atomic E-state index is 0.666. The number of aromatic nitrogens is 2. The average Bonchev–Trinajstić information content (AvgIpc) is 2.90. The van der Waals surface area contributed by atoms with Gasteiger partial charge in [-0.3, -0.25) is 0 Å². The van der Waals surface area contributed by atoms with Crippen molar-refractivity contribution >= 4 is 23.0 Å². The average molecular weight is 264 g/mol. The second kappa shape index (κ2) is 5.68. The standard InChI is InChI=1S/C12H16N4OS/c1-13-11-10(17-3)12(15-8-14-11)16(2)7-9-5-4-6-18-9/h4-6,8H,7H2,1-3H3,(H,13,14,15). The van der Waals surface area contributed by atoms with Crippen LogP contribution in [0, 0.1) is 0 Å². The van der Waals surface area contributed by atoms with E-state index in [2.05, 4.69) is 26.7 Å². The predicted molar refractivity (Wildman–Crippen MR) is 74.6 cm³/mol. The van der Waals surface area contributed by atoms with Crippen LogP contribution in [0.25, 0.3) is 0 Å². The van der Waals surface area contributed by atoms with Crippen LogP contribution in [0.4, 0.5) is 11.6 Å². The Balaban J connectivity index is 2.26. The summed E-state index contributed by atoms with van der Waals surface area (Å²) in [6, 6.07) is 4.15. The van der Waals surface area contributed by atoms with Crippen LogP contribution in [0.1, 0.15) is 4.88 Å². The molecule has 5 nitrogen and oxygen atoms in total. The molecule has 2 heterocycles. The number of ether oxygens (including phenoxy) is 1. The summed E-state index contributed by atoms with van der Waals surface area (Å²) in [5.74, 6) is 2.14. The summed E-state index contributed by atoms with van der Waals surface area (Å²) in [6.07, 6.45) is 1.54. The van der Waals surface area contributed by atoms with Gasteiger partial charge < -0.3 is 15.0 Å². The van der Waals surface area contributed by atoms with Gasteiger partial charge in [0.1, 0.15) is 6.33 Å². The Morgan fingerprint density at radius 3 is 2.89 bits per heavy atom. The van der Waals surface area contributed by atoms with Crippen LogP contribution in [0.2, 0.25) is 0 Å². The normalized spacial score (nSPS) is 10.2. The maximum atomic E-state index is 5.38. The van der Waals surface area contributed by atoms with Gasteiger partial charge in [0, 0.05) is 19.0 Å². The van der Waals surface area contributed by atoms with Crippen LogP contribution in [0.15, 0.2) is 23.8 Å². The highest BCUT2D eigenvalue weighted by Gasteiger charge is 2.15. The molecule has 2 rings (SSSR count). The van der Waals surface area contributed by atoms with Crippen molar-refractivity contribution in [3.8, 4) is 5.75 Å². The molecule has 1 N–H and O–H groups in total. The Morgan fingerprint density at radius 1 is 1.44 bits per heavy atom. The van der Waals surface area contributed by atoms with Crippen molar-refractivity contribution in [1.82, 2.24) is 9.97 Å². The van der Waals surface area contributed by atoms with E-state index in [1.807, 2.05) is 25.1 Å². The molecule has 0 aliphatic heterocycles. The molecule has 0 amide bonds. The van der Waals surface area contributed by atoms with E-state index in [-0.39, 0.29) is 0 Å². The highest BCUT2D eigenvalue weighted by Crippen LogP contribution is 2.31. The molecule has 0 spiro atoms. The van der Waals surface area contributed by atoms with Crippen molar-refractivity contribution in [2.75, 3.05) is 31.4 Å². The molecule has 0 radical (unpaired) electrons. The van der Waals surface area contributed by atoms with Gasteiger partial charge in [-0.15, -0.1) is 11.3 Å². The van der Waals surface area contributed by atoms with Crippen LogP contribution < -0.4 is 15.0 Å². The number of thiophene rings is 1. The fourth-order valence-corrected chi connectivity index (χ4v) is 2.47. The highest BCUT2D eigenvalue weighted by atomic mass is 32.1. The van der Waals surface area contributed by atoms with E-state index in [9.17, 15) is 0 Å². The predicted octanol–water partition coefficient (Wildman–Crippen LogP) is 2.22. The van der Waals surface area contributed by atoms with E-state index in [1.165, 1.54) is 11.2 Å². The van der Waals surface area contributed by atoms with Crippen molar-refractivity contribution < 1.29 is 4.74 Å². The third-order valence-electron chi connectivity index (χ3n) is 2.56. The van der Waals surface area contributed by atoms with Gasteiger partial charge in [0.05, 0.1) is 13.7 Å². The molecule has 0 unspecified atom stereocenters. The zero-order valence-corrected chi connectivity index (χ0v) is 11.5. The van der Waals surface area contributed by atoms with E-state index in [1.54, 1.807) is 18.4 Å². The smallest absolute Gasteiger partial charge is 0.204 e. The first kappa shape index (κ1) is 12.6. The van der Waals surface area contributed by atoms with Gasteiger partial charge in [-0.2, -0.15) is 0 Å². The van der Waals surface area contributed by atoms with Crippen LogP contribution in [-0.4, -0.2) is 31.2 Å². The molecular weight excluding hydrogens is 248 g/mol. The molecule has 0 bridgehead atoms. The van der Waals surface area contributed by atoms with Gasteiger partial charge in [-0.1, -0.05) is 6.07 Å². The quantitative estimate of drug-likeness (QED) is 0.897. The first-order valence-electron chi connectivity index (χ1n) is 5.56. The number of hydrogen-bond acceptors (Lipinski definition) is 6. The molecular formula is C12H16N4OS. The van der Waals surface area contributed by atoms with Crippen LogP contribution in [0.3, 0.4) is 0 Å². The number of nitrogens with one attached hydrogen (secondary N) is 1. The van der Waals surface area contributed by atoms with Gasteiger partial charge in [-0.05, 0) is 11.4 Å². The maximum absolute atomic E-state index is 5.38. The van der Waals surface area contributed by atoms with Gasteiger partial charge in [0.15, 0.2) is 11.6 Å². The number of anilines is 2. The Bertz CT molecular complexity index is 501. The molecule has 2 aromatic heterocycles. The fraction of sp³-hybridized carbons (Fsp3) is 0.333. The summed E-state index contributed by atoms with van der Waals surface area (Å²) >= 11 is 1.73. The monoisotopic (exact) mass is 264 g/mol. The third-order valence-corrected chi connectivity index (χ3v) is 3.42. The summed E-state index contributed by atoms with van der Waals surface area (Å²) in [6.45, 7) is 0.800. The molecule has 6 heteroatoms. The lowest BCUT2D eigenvalue weighted by Crippen LogP contribution is -2.18. The lowest BCUT2D eigenvalue weighted by Gasteiger charge is -2.20. The van der Waals surface area contributed by atoms with E-state index >= 15 is 0 Å². The van der Waals surface area contributed by atoms with Crippen molar-refractivity contribution in [3.63, 3.8) is 0 Å². The van der Waals surface area contributed by atoms with Gasteiger partial charge in [0.2, 0.25) is 5.75 Å². The second-order valence-corrected chi connectivity index (χ2v) is 4.80. The summed E-state index contributed by atoms with van der Waals surface area (Å²) in [5, 5.41) is 5.07. The molecule has 0 saturated carbocycles. The van der Waals surface area contributed by atoms with Gasteiger partial charge in [-0.25, -0.2) is 9.97 Å².